The van der Waals surface area contributed by atoms with Gasteiger partial charge >= 0.3 is 0 Å². The van der Waals surface area contributed by atoms with Gasteiger partial charge in [-0.25, -0.2) is 13.6 Å². The molecule has 0 amide bonds. The second-order valence-electron chi connectivity index (χ2n) is 5.90. The van der Waals surface area contributed by atoms with Gasteiger partial charge in [0.15, 0.2) is 0 Å². The molecule has 5 nitrogen and oxygen atoms in total. The van der Waals surface area contributed by atoms with Crippen molar-refractivity contribution >= 4 is 21.4 Å². The Kier molecular flexibility index (Phi) is 4.25. The van der Waals surface area contributed by atoms with Crippen LogP contribution in [0.15, 0.2) is 23.1 Å². The van der Waals surface area contributed by atoms with Crippen molar-refractivity contribution in [1.82, 2.24) is 0 Å². The predicted octanol–water partition coefficient (Wildman–Crippen LogP) is 2.15. The first-order valence-electron chi connectivity index (χ1n) is 6.96. The highest BCUT2D eigenvalue weighted by Crippen LogP contribution is 2.32. The summed E-state index contributed by atoms with van der Waals surface area (Å²) in [5.41, 5.74) is 7.12. The van der Waals surface area contributed by atoms with Crippen molar-refractivity contribution in [1.29, 1.82) is 0 Å². The summed E-state index contributed by atoms with van der Waals surface area (Å²) in [5.74, 6) is 1.45. The van der Waals surface area contributed by atoms with Crippen LogP contribution in [0.2, 0.25) is 0 Å². The number of nitrogen functional groups attached to an aromatic ring is 1. The van der Waals surface area contributed by atoms with E-state index in [0.717, 1.165) is 24.4 Å². The van der Waals surface area contributed by atoms with Gasteiger partial charge in [-0.05, 0) is 49.3 Å². The minimum Gasteiger partial charge on any atom is -0.397 e. The molecule has 0 heterocycles. The molecule has 3 unspecified atom stereocenters. The summed E-state index contributed by atoms with van der Waals surface area (Å²) < 4.78 is 22.5. The van der Waals surface area contributed by atoms with E-state index in [2.05, 4.69) is 19.2 Å². The molecule has 1 aromatic carbocycles. The first kappa shape index (κ1) is 15.1. The van der Waals surface area contributed by atoms with E-state index in [1.54, 1.807) is 6.07 Å². The summed E-state index contributed by atoms with van der Waals surface area (Å²) in [6.07, 6.45) is 3.42. The van der Waals surface area contributed by atoms with Gasteiger partial charge in [0.25, 0.3) is 0 Å². The lowest BCUT2D eigenvalue weighted by Crippen LogP contribution is -2.30. The zero-order valence-corrected chi connectivity index (χ0v) is 12.8. The standard InChI is InChI=1S/C14H23N3O2S/c1-9-3-4-11(7-10(9)2)17-14-6-5-12(8-13(14)15)20(16,18)19/h5-6,8-11,17H,3-4,7,15H2,1-2H3,(H2,16,18,19). The van der Waals surface area contributed by atoms with Gasteiger partial charge in [-0.1, -0.05) is 13.8 Å². The molecule has 0 saturated heterocycles. The van der Waals surface area contributed by atoms with Crippen LogP contribution in [0.25, 0.3) is 0 Å². The van der Waals surface area contributed by atoms with Crippen LogP contribution in [0.4, 0.5) is 11.4 Å². The molecule has 112 valence electrons. The first-order valence-corrected chi connectivity index (χ1v) is 8.51. The largest absolute Gasteiger partial charge is 0.397 e. The molecule has 1 aliphatic rings. The van der Waals surface area contributed by atoms with Crippen LogP contribution in [0.3, 0.4) is 0 Å². The minimum atomic E-state index is -3.70. The predicted molar refractivity (Wildman–Crippen MR) is 81.8 cm³/mol. The summed E-state index contributed by atoms with van der Waals surface area (Å²) in [5, 5.41) is 8.51. The van der Waals surface area contributed by atoms with Gasteiger partial charge in [0.2, 0.25) is 10.0 Å². The van der Waals surface area contributed by atoms with E-state index in [1.807, 2.05) is 0 Å². The summed E-state index contributed by atoms with van der Waals surface area (Å²) in [4.78, 5) is 0.0474. The van der Waals surface area contributed by atoms with Crippen LogP contribution >= 0.6 is 0 Å². The van der Waals surface area contributed by atoms with Crippen LogP contribution in [0.1, 0.15) is 33.1 Å². The number of sulfonamides is 1. The second kappa shape index (κ2) is 5.61. The number of anilines is 2. The number of rotatable bonds is 3. The number of hydrogen-bond donors (Lipinski definition) is 3. The lowest BCUT2D eigenvalue weighted by molar-refractivity contribution is 0.261. The van der Waals surface area contributed by atoms with Gasteiger partial charge in [-0.2, -0.15) is 0 Å². The molecule has 0 radical (unpaired) electrons. The fraction of sp³-hybridized carbons (Fsp3) is 0.571. The molecule has 6 heteroatoms. The number of nitrogens with two attached hydrogens (primary N) is 2. The molecule has 5 N–H and O–H groups in total. The number of nitrogens with one attached hydrogen (secondary N) is 1. The van der Waals surface area contributed by atoms with Crippen molar-refractivity contribution in [3.8, 4) is 0 Å². The topological polar surface area (TPSA) is 98.2 Å². The number of primary sulfonamides is 1. The lowest BCUT2D eigenvalue weighted by Gasteiger charge is -2.33. The average molecular weight is 297 g/mol. The molecule has 1 aromatic rings. The molecule has 0 bridgehead atoms. The van der Waals surface area contributed by atoms with Crippen molar-refractivity contribution in [2.24, 2.45) is 17.0 Å². The summed E-state index contributed by atoms with van der Waals surface area (Å²) in [7, 11) is -3.70. The molecule has 0 spiro atoms. The third-order valence-corrected chi connectivity index (χ3v) is 5.22. The molecule has 0 aliphatic heterocycles. The smallest absolute Gasteiger partial charge is 0.238 e. The Morgan fingerprint density at radius 1 is 1.20 bits per heavy atom. The van der Waals surface area contributed by atoms with Gasteiger partial charge in [0, 0.05) is 6.04 Å². The molecule has 1 saturated carbocycles. The van der Waals surface area contributed by atoms with E-state index < -0.39 is 10.0 Å². The summed E-state index contributed by atoms with van der Waals surface area (Å²) in [6.45, 7) is 4.56. The molecular formula is C14H23N3O2S. The summed E-state index contributed by atoms with van der Waals surface area (Å²) >= 11 is 0. The maximum atomic E-state index is 11.3. The van der Waals surface area contributed by atoms with Crippen molar-refractivity contribution < 1.29 is 8.42 Å². The van der Waals surface area contributed by atoms with Crippen molar-refractivity contribution in [3.05, 3.63) is 18.2 Å². The fourth-order valence-corrected chi connectivity index (χ4v) is 3.30. The highest BCUT2D eigenvalue weighted by atomic mass is 32.2. The fourth-order valence-electron chi connectivity index (χ4n) is 2.75. The van der Waals surface area contributed by atoms with Crippen molar-refractivity contribution in [3.63, 3.8) is 0 Å². The molecular weight excluding hydrogens is 274 g/mol. The minimum absolute atomic E-state index is 0.0474. The van der Waals surface area contributed by atoms with Crippen LogP contribution in [0.5, 0.6) is 0 Å². The highest BCUT2D eigenvalue weighted by Gasteiger charge is 2.24. The van der Waals surface area contributed by atoms with Gasteiger partial charge in [-0.3, -0.25) is 0 Å². The lowest BCUT2D eigenvalue weighted by atomic mass is 9.79. The Labute approximate surface area is 120 Å². The normalized spacial score (nSPS) is 27.2. The maximum Gasteiger partial charge on any atom is 0.238 e. The van der Waals surface area contributed by atoms with E-state index in [1.165, 1.54) is 18.6 Å². The molecule has 1 aliphatic carbocycles. The molecule has 2 rings (SSSR count). The van der Waals surface area contributed by atoms with Crippen LogP contribution in [-0.4, -0.2) is 14.5 Å². The second-order valence-corrected chi connectivity index (χ2v) is 7.46. The Bertz CT molecular complexity index is 586. The molecule has 0 aromatic heterocycles. The first-order chi connectivity index (χ1) is 9.27. The van der Waals surface area contributed by atoms with Crippen molar-refractivity contribution in [2.75, 3.05) is 11.1 Å². The van der Waals surface area contributed by atoms with Gasteiger partial charge < -0.3 is 11.1 Å². The van der Waals surface area contributed by atoms with E-state index in [-0.39, 0.29) is 4.90 Å². The van der Waals surface area contributed by atoms with E-state index >= 15 is 0 Å². The van der Waals surface area contributed by atoms with Crippen LogP contribution < -0.4 is 16.2 Å². The average Bonchev–Trinajstić information content (AvgIpc) is 2.35. The monoisotopic (exact) mass is 297 g/mol. The third kappa shape index (κ3) is 3.43. The third-order valence-electron chi connectivity index (χ3n) is 4.31. The molecule has 1 fully saturated rings. The number of hydrogen-bond acceptors (Lipinski definition) is 4. The van der Waals surface area contributed by atoms with Crippen LogP contribution in [0, 0.1) is 11.8 Å². The zero-order valence-electron chi connectivity index (χ0n) is 12.0. The molecule has 3 atom stereocenters. The van der Waals surface area contributed by atoms with Gasteiger partial charge in [0.05, 0.1) is 16.3 Å². The van der Waals surface area contributed by atoms with E-state index in [0.29, 0.717) is 17.6 Å². The van der Waals surface area contributed by atoms with E-state index in [4.69, 9.17) is 10.9 Å². The highest BCUT2D eigenvalue weighted by molar-refractivity contribution is 7.89. The summed E-state index contributed by atoms with van der Waals surface area (Å²) in [6, 6.07) is 4.98. The molecule has 20 heavy (non-hydrogen) atoms. The van der Waals surface area contributed by atoms with E-state index in [9.17, 15) is 8.42 Å². The Morgan fingerprint density at radius 3 is 2.45 bits per heavy atom. The number of benzene rings is 1. The van der Waals surface area contributed by atoms with Gasteiger partial charge in [0.1, 0.15) is 0 Å². The van der Waals surface area contributed by atoms with Crippen LogP contribution in [-0.2, 0) is 10.0 Å². The Morgan fingerprint density at radius 2 is 1.90 bits per heavy atom. The maximum absolute atomic E-state index is 11.3. The quantitative estimate of drug-likeness (QED) is 0.744. The Hall–Kier alpha value is -1.27. The zero-order chi connectivity index (χ0) is 14.9. The Balaban J connectivity index is 2.11. The SMILES string of the molecule is CC1CCC(Nc2ccc(S(N)(=O)=O)cc2N)CC1C. The van der Waals surface area contributed by atoms with Gasteiger partial charge in [-0.15, -0.1) is 0 Å². The van der Waals surface area contributed by atoms with Crippen molar-refractivity contribution in [2.45, 2.75) is 44.0 Å².